The molecule has 0 spiro atoms. The first-order chi connectivity index (χ1) is 8.82. The zero-order chi connectivity index (χ0) is 14.6. The summed E-state index contributed by atoms with van der Waals surface area (Å²) in [5, 5.41) is 9.11. The zero-order valence-corrected chi connectivity index (χ0v) is 12.2. The van der Waals surface area contributed by atoms with Crippen molar-refractivity contribution in [2.75, 3.05) is 20.7 Å². The molecular weight excluding hydrogens is 266 g/mol. The van der Waals surface area contributed by atoms with Crippen LogP contribution in [0.5, 0.6) is 5.75 Å². The standard InChI is InChI=1S/C13H19NO4S/c1-10(2)8-14(3)19(16,17)13-7-11(9-15)5-6-12(13)18-4/h5-7,15H,1,8-9H2,2-4H3. The molecule has 0 unspecified atom stereocenters. The summed E-state index contributed by atoms with van der Waals surface area (Å²) >= 11 is 0. The van der Waals surface area contributed by atoms with Crippen molar-refractivity contribution in [1.82, 2.24) is 4.31 Å². The molecule has 5 nitrogen and oxygen atoms in total. The third-order valence-corrected chi connectivity index (χ3v) is 4.42. The van der Waals surface area contributed by atoms with Crippen LogP contribution in [0.2, 0.25) is 0 Å². The van der Waals surface area contributed by atoms with Gasteiger partial charge in [-0.1, -0.05) is 18.2 Å². The average molecular weight is 285 g/mol. The fourth-order valence-electron chi connectivity index (χ4n) is 1.65. The molecular formula is C13H19NO4S. The fraction of sp³-hybridized carbons (Fsp3) is 0.385. The Hall–Kier alpha value is -1.37. The molecule has 1 aromatic carbocycles. The predicted molar refractivity (Wildman–Crippen MR) is 73.5 cm³/mol. The molecule has 0 heterocycles. The first kappa shape index (κ1) is 15.7. The minimum absolute atomic E-state index is 0.0466. The molecule has 6 heteroatoms. The lowest BCUT2D eigenvalue weighted by Crippen LogP contribution is -2.28. The maximum absolute atomic E-state index is 12.4. The molecule has 0 aliphatic carbocycles. The number of hydrogen-bond acceptors (Lipinski definition) is 4. The molecule has 0 aliphatic rings. The van der Waals surface area contributed by atoms with Crippen LogP contribution in [0, 0.1) is 0 Å². The highest BCUT2D eigenvalue weighted by molar-refractivity contribution is 7.89. The van der Waals surface area contributed by atoms with E-state index in [0.717, 1.165) is 5.57 Å². The lowest BCUT2D eigenvalue weighted by atomic mass is 10.2. The Morgan fingerprint density at radius 1 is 1.47 bits per heavy atom. The smallest absolute Gasteiger partial charge is 0.246 e. The van der Waals surface area contributed by atoms with Gasteiger partial charge in [-0.15, -0.1) is 0 Å². The molecule has 0 aliphatic heterocycles. The van der Waals surface area contributed by atoms with Gasteiger partial charge in [-0.3, -0.25) is 0 Å². The molecule has 0 aromatic heterocycles. The monoisotopic (exact) mass is 285 g/mol. The Bertz CT molecular complexity index is 566. The van der Waals surface area contributed by atoms with Gasteiger partial charge in [0.25, 0.3) is 0 Å². The summed E-state index contributed by atoms with van der Waals surface area (Å²) in [5.74, 6) is 0.255. The van der Waals surface area contributed by atoms with E-state index in [1.54, 1.807) is 13.0 Å². The first-order valence-corrected chi connectivity index (χ1v) is 7.15. The van der Waals surface area contributed by atoms with E-state index in [-0.39, 0.29) is 23.8 Å². The molecule has 0 saturated heterocycles. The summed E-state index contributed by atoms with van der Waals surface area (Å²) in [6.07, 6.45) is 0. The van der Waals surface area contributed by atoms with Gasteiger partial charge in [0.15, 0.2) is 0 Å². The highest BCUT2D eigenvalue weighted by Crippen LogP contribution is 2.27. The molecule has 1 aromatic rings. The van der Waals surface area contributed by atoms with E-state index in [1.807, 2.05) is 0 Å². The molecule has 1 N–H and O–H groups in total. The number of aliphatic hydroxyl groups excluding tert-OH is 1. The van der Waals surface area contributed by atoms with Crippen LogP contribution < -0.4 is 4.74 Å². The van der Waals surface area contributed by atoms with Crippen LogP contribution in [-0.2, 0) is 16.6 Å². The highest BCUT2D eigenvalue weighted by atomic mass is 32.2. The van der Waals surface area contributed by atoms with E-state index in [9.17, 15) is 8.42 Å². The van der Waals surface area contributed by atoms with E-state index >= 15 is 0 Å². The largest absolute Gasteiger partial charge is 0.495 e. The Morgan fingerprint density at radius 2 is 2.11 bits per heavy atom. The van der Waals surface area contributed by atoms with Crippen molar-refractivity contribution >= 4 is 10.0 Å². The number of rotatable bonds is 6. The molecule has 0 radical (unpaired) electrons. The second kappa shape index (κ2) is 6.18. The number of sulfonamides is 1. The van der Waals surface area contributed by atoms with Gasteiger partial charge in [-0.05, 0) is 24.6 Å². The van der Waals surface area contributed by atoms with E-state index in [2.05, 4.69) is 6.58 Å². The van der Waals surface area contributed by atoms with Crippen LogP contribution in [0.4, 0.5) is 0 Å². The minimum Gasteiger partial charge on any atom is -0.495 e. The Labute approximate surface area is 114 Å². The van der Waals surface area contributed by atoms with Crippen LogP contribution in [-0.4, -0.2) is 38.5 Å². The quantitative estimate of drug-likeness (QED) is 0.802. The number of likely N-dealkylation sites (N-methyl/N-ethyl adjacent to an activating group) is 1. The van der Waals surface area contributed by atoms with Gasteiger partial charge in [0.1, 0.15) is 10.6 Å². The van der Waals surface area contributed by atoms with Crippen LogP contribution in [0.25, 0.3) is 0 Å². The first-order valence-electron chi connectivity index (χ1n) is 5.71. The van der Waals surface area contributed by atoms with Crippen molar-refractivity contribution in [3.05, 3.63) is 35.9 Å². The van der Waals surface area contributed by atoms with Crippen molar-refractivity contribution < 1.29 is 18.3 Å². The zero-order valence-electron chi connectivity index (χ0n) is 11.4. The normalized spacial score (nSPS) is 11.6. The van der Waals surface area contributed by atoms with E-state index in [1.165, 1.54) is 30.6 Å². The number of aliphatic hydroxyl groups is 1. The number of ether oxygens (including phenoxy) is 1. The summed E-state index contributed by atoms with van der Waals surface area (Å²) in [4.78, 5) is 0.0466. The summed E-state index contributed by atoms with van der Waals surface area (Å²) in [5.41, 5.74) is 1.26. The van der Waals surface area contributed by atoms with Crippen LogP contribution in [0.1, 0.15) is 12.5 Å². The number of benzene rings is 1. The van der Waals surface area contributed by atoms with Crippen LogP contribution in [0.15, 0.2) is 35.2 Å². The maximum atomic E-state index is 12.4. The van der Waals surface area contributed by atoms with E-state index in [4.69, 9.17) is 9.84 Å². The number of nitrogens with zero attached hydrogens (tertiary/aromatic N) is 1. The van der Waals surface area contributed by atoms with Gasteiger partial charge in [-0.2, -0.15) is 4.31 Å². The van der Waals surface area contributed by atoms with Crippen LogP contribution in [0.3, 0.4) is 0 Å². The summed E-state index contributed by atoms with van der Waals surface area (Å²) in [6, 6.07) is 4.58. The second-order valence-corrected chi connectivity index (χ2v) is 6.37. The predicted octanol–water partition coefficient (Wildman–Crippen LogP) is 1.38. The maximum Gasteiger partial charge on any atom is 0.246 e. The summed E-state index contributed by atoms with van der Waals surface area (Å²) < 4.78 is 31.2. The molecule has 1 rings (SSSR count). The molecule has 0 fully saturated rings. The Kier molecular flexibility index (Phi) is 5.11. The fourth-order valence-corrected chi connectivity index (χ4v) is 3.09. The number of methoxy groups -OCH3 is 1. The topological polar surface area (TPSA) is 66.8 Å². The molecule has 0 amide bonds. The van der Waals surface area contributed by atoms with E-state index < -0.39 is 10.0 Å². The molecule has 0 atom stereocenters. The lowest BCUT2D eigenvalue weighted by Gasteiger charge is -2.19. The van der Waals surface area contributed by atoms with Gasteiger partial charge >= 0.3 is 0 Å². The third kappa shape index (κ3) is 3.56. The molecule has 0 bridgehead atoms. The average Bonchev–Trinajstić information content (AvgIpc) is 2.37. The number of hydrogen-bond donors (Lipinski definition) is 1. The van der Waals surface area contributed by atoms with Gasteiger partial charge in [0.2, 0.25) is 10.0 Å². The summed E-state index contributed by atoms with van der Waals surface area (Å²) in [6.45, 7) is 5.46. The lowest BCUT2D eigenvalue weighted by molar-refractivity contribution is 0.281. The van der Waals surface area contributed by atoms with Gasteiger partial charge in [0.05, 0.1) is 13.7 Å². The van der Waals surface area contributed by atoms with Gasteiger partial charge in [0, 0.05) is 13.6 Å². The summed E-state index contributed by atoms with van der Waals surface area (Å²) in [7, 11) is -0.783. The third-order valence-electron chi connectivity index (χ3n) is 2.59. The second-order valence-electron chi connectivity index (χ2n) is 4.36. The molecule has 19 heavy (non-hydrogen) atoms. The Balaban J connectivity index is 3.29. The van der Waals surface area contributed by atoms with Crippen LogP contribution >= 0.6 is 0 Å². The van der Waals surface area contributed by atoms with Crippen molar-refractivity contribution in [2.45, 2.75) is 18.4 Å². The SMILES string of the molecule is C=C(C)CN(C)S(=O)(=O)c1cc(CO)ccc1OC. The Morgan fingerprint density at radius 3 is 2.58 bits per heavy atom. The van der Waals surface area contributed by atoms with Crippen molar-refractivity contribution in [1.29, 1.82) is 0 Å². The highest BCUT2D eigenvalue weighted by Gasteiger charge is 2.25. The van der Waals surface area contributed by atoms with Gasteiger partial charge < -0.3 is 9.84 Å². The van der Waals surface area contributed by atoms with Crippen molar-refractivity contribution in [3.63, 3.8) is 0 Å². The minimum atomic E-state index is -3.67. The van der Waals surface area contributed by atoms with Gasteiger partial charge in [-0.25, -0.2) is 8.42 Å². The van der Waals surface area contributed by atoms with Crippen molar-refractivity contribution in [2.24, 2.45) is 0 Å². The van der Waals surface area contributed by atoms with E-state index in [0.29, 0.717) is 5.56 Å². The van der Waals surface area contributed by atoms with Crippen molar-refractivity contribution in [3.8, 4) is 5.75 Å². The molecule has 106 valence electrons. The molecule has 0 saturated carbocycles.